The number of amides is 1. The summed E-state index contributed by atoms with van der Waals surface area (Å²) in [6.07, 6.45) is 0.852. The minimum Gasteiger partial charge on any atom is -0.484 e. The number of benzene rings is 1. The van der Waals surface area contributed by atoms with E-state index in [-0.39, 0.29) is 12.5 Å². The molecule has 3 rings (SSSR count). The number of rotatable bonds is 5. The molecule has 0 radical (unpaired) electrons. The average molecular weight is 360 g/mol. The summed E-state index contributed by atoms with van der Waals surface area (Å²) >= 11 is 1.44. The standard InChI is InChI=1S/C18H24N4O2S/c1-4-16-19-18(25-20-16)22-7-5-21(6-8-22)17(23)12-24-15-10-13(2)9-14(3)11-15/h9-11H,4-8,12H2,1-3H3. The molecule has 1 aliphatic rings. The van der Waals surface area contributed by atoms with Crippen LogP contribution < -0.4 is 9.64 Å². The fourth-order valence-electron chi connectivity index (χ4n) is 2.92. The molecule has 134 valence electrons. The number of carbonyl (C=O) groups is 1. The molecule has 6 nitrogen and oxygen atoms in total. The molecule has 0 saturated carbocycles. The number of anilines is 1. The number of piperazine rings is 1. The summed E-state index contributed by atoms with van der Waals surface area (Å²) in [6, 6.07) is 6.00. The average Bonchev–Trinajstić information content (AvgIpc) is 3.08. The summed E-state index contributed by atoms with van der Waals surface area (Å²) in [6.45, 7) is 9.14. The summed E-state index contributed by atoms with van der Waals surface area (Å²) in [4.78, 5) is 21.0. The normalized spacial score (nSPS) is 14.7. The molecule has 0 unspecified atom stereocenters. The Morgan fingerprint density at radius 1 is 1.16 bits per heavy atom. The molecular weight excluding hydrogens is 336 g/mol. The van der Waals surface area contributed by atoms with Gasteiger partial charge >= 0.3 is 0 Å². The van der Waals surface area contributed by atoms with Gasteiger partial charge in [0, 0.05) is 44.1 Å². The van der Waals surface area contributed by atoms with Crippen molar-refractivity contribution in [2.24, 2.45) is 0 Å². The molecule has 1 aromatic heterocycles. The van der Waals surface area contributed by atoms with E-state index < -0.39 is 0 Å². The van der Waals surface area contributed by atoms with E-state index in [1.54, 1.807) is 0 Å². The van der Waals surface area contributed by atoms with Gasteiger partial charge in [0.2, 0.25) is 5.13 Å². The number of aryl methyl sites for hydroxylation is 3. The van der Waals surface area contributed by atoms with Crippen LogP contribution in [0.1, 0.15) is 23.9 Å². The van der Waals surface area contributed by atoms with Crippen molar-refractivity contribution in [1.82, 2.24) is 14.3 Å². The van der Waals surface area contributed by atoms with Gasteiger partial charge in [-0.3, -0.25) is 4.79 Å². The number of aromatic nitrogens is 2. The van der Waals surface area contributed by atoms with Gasteiger partial charge in [0.25, 0.3) is 5.91 Å². The lowest BCUT2D eigenvalue weighted by Gasteiger charge is -2.34. The van der Waals surface area contributed by atoms with Gasteiger partial charge in [-0.25, -0.2) is 4.98 Å². The molecule has 1 saturated heterocycles. The Kier molecular flexibility index (Phi) is 5.53. The van der Waals surface area contributed by atoms with Gasteiger partial charge in [-0.05, 0) is 37.1 Å². The van der Waals surface area contributed by atoms with Crippen molar-refractivity contribution in [3.05, 3.63) is 35.2 Å². The van der Waals surface area contributed by atoms with Gasteiger partial charge in [0.1, 0.15) is 11.6 Å². The van der Waals surface area contributed by atoms with Crippen molar-refractivity contribution in [2.75, 3.05) is 37.7 Å². The predicted molar refractivity (Wildman–Crippen MR) is 99.5 cm³/mol. The third kappa shape index (κ3) is 4.48. The largest absolute Gasteiger partial charge is 0.484 e. The molecule has 2 aromatic rings. The minimum atomic E-state index is 0.0327. The van der Waals surface area contributed by atoms with E-state index in [4.69, 9.17) is 4.74 Å². The topological polar surface area (TPSA) is 58.6 Å². The molecule has 0 aliphatic carbocycles. The second-order valence-corrected chi connectivity index (χ2v) is 7.06. The van der Waals surface area contributed by atoms with E-state index in [9.17, 15) is 4.79 Å². The highest BCUT2D eigenvalue weighted by Gasteiger charge is 2.23. The summed E-state index contributed by atoms with van der Waals surface area (Å²) < 4.78 is 10.0. The van der Waals surface area contributed by atoms with Crippen LogP contribution in [0.4, 0.5) is 5.13 Å². The Bertz CT molecular complexity index is 718. The molecule has 1 aromatic carbocycles. The third-order valence-electron chi connectivity index (χ3n) is 4.23. The third-order valence-corrected chi connectivity index (χ3v) is 5.05. The van der Waals surface area contributed by atoms with Crippen molar-refractivity contribution in [3.8, 4) is 5.75 Å². The summed E-state index contributed by atoms with van der Waals surface area (Å²) in [5, 5.41) is 0.954. The molecule has 0 bridgehead atoms. The first-order chi connectivity index (χ1) is 12.0. The first kappa shape index (κ1) is 17.7. The van der Waals surface area contributed by atoms with Crippen molar-refractivity contribution in [1.29, 1.82) is 0 Å². The molecule has 0 spiro atoms. The summed E-state index contributed by atoms with van der Waals surface area (Å²) in [7, 11) is 0. The molecule has 0 N–H and O–H groups in total. The van der Waals surface area contributed by atoms with Crippen molar-refractivity contribution in [2.45, 2.75) is 27.2 Å². The zero-order chi connectivity index (χ0) is 17.8. The van der Waals surface area contributed by atoms with Crippen molar-refractivity contribution < 1.29 is 9.53 Å². The monoisotopic (exact) mass is 360 g/mol. The van der Waals surface area contributed by atoms with Crippen LogP contribution in [0.15, 0.2) is 18.2 Å². The van der Waals surface area contributed by atoms with Crippen LogP contribution in [0.3, 0.4) is 0 Å². The number of hydrogen-bond donors (Lipinski definition) is 0. The van der Waals surface area contributed by atoms with Gasteiger partial charge in [0.15, 0.2) is 6.61 Å². The molecule has 1 fully saturated rings. The second kappa shape index (κ2) is 7.82. The van der Waals surface area contributed by atoms with E-state index in [1.807, 2.05) is 30.9 Å². The van der Waals surface area contributed by atoms with Crippen LogP contribution in [0, 0.1) is 13.8 Å². The molecule has 2 heterocycles. The molecule has 25 heavy (non-hydrogen) atoms. The smallest absolute Gasteiger partial charge is 0.260 e. The number of carbonyl (C=O) groups excluding carboxylic acids is 1. The van der Waals surface area contributed by atoms with Crippen LogP contribution in [0.25, 0.3) is 0 Å². The fraction of sp³-hybridized carbons (Fsp3) is 0.500. The van der Waals surface area contributed by atoms with E-state index in [2.05, 4.69) is 27.2 Å². The Morgan fingerprint density at radius 3 is 2.44 bits per heavy atom. The van der Waals surface area contributed by atoms with Crippen LogP contribution in [0.2, 0.25) is 0 Å². The van der Waals surface area contributed by atoms with Crippen molar-refractivity contribution >= 4 is 22.6 Å². The SMILES string of the molecule is CCc1nsc(N2CCN(C(=O)COc3cc(C)cc(C)c3)CC2)n1. The fourth-order valence-corrected chi connectivity index (χ4v) is 3.72. The highest BCUT2D eigenvalue weighted by molar-refractivity contribution is 7.09. The van der Waals surface area contributed by atoms with Gasteiger partial charge in [-0.2, -0.15) is 4.37 Å². The maximum absolute atomic E-state index is 12.4. The van der Waals surface area contributed by atoms with Crippen molar-refractivity contribution in [3.63, 3.8) is 0 Å². The Labute approximate surface area is 152 Å². The lowest BCUT2D eigenvalue weighted by atomic mass is 10.1. The van der Waals surface area contributed by atoms with Gasteiger partial charge in [-0.1, -0.05) is 13.0 Å². The second-order valence-electron chi connectivity index (χ2n) is 6.33. The quantitative estimate of drug-likeness (QED) is 0.820. The Balaban J connectivity index is 1.49. The lowest BCUT2D eigenvalue weighted by Crippen LogP contribution is -2.50. The first-order valence-electron chi connectivity index (χ1n) is 8.61. The number of ether oxygens (including phenoxy) is 1. The van der Waals surface area contributed by atoms with Crippen LogP contribution >= 0.6 is 11.5 Å². The molecular formula is C18H24N4O2S. The molecule has 7 heteroatoms. The van der Waals surface area contributed by atoms with Crippen LogP contribution in [0.5, 0.6) is 5.75 Å². The summed E-state index contributed by atoms with van der Waals surface area (Å²) in [5.74, 6) is 1.68. The predicted octanol–water partition coefficient (Wildman–Crippen LogP) is 2.44. The molecule has 1 amide bonds. The lowest BCUT2D eigenvalue weighted by molar-refractivity contribution is -0.133. The number of nitrogens with zero attached hydrogens (tertiary/aromatic N) is 4. The Morgan fingerprint density at radius 2 is 1.84 bits per heavy atom. The van der Waals surface area contributed by atoms with E-state index in [0.717, 1.165) is 47.3 Å². The van der Waals surface area contributed by atoms with Gasteiger partial charge in [-0.15, -0.1) is 0 Å². The van der Waals surface area contributed by atoms with Crippen LogP contribution in [-0.2, 0) is 11.2 Å². The zero-order valence-corrected chi connectivity index (χ0v) is 15.8. The maximum atomic E-state index is 12.4. The highest BCUT2D eigenvalue weighted by Crippen LogP contribution is 2.20. The maximum Gasteiger partial charge on any atom is 0.260 e. The highest BCUT2D eigenvalue weighted by atomic mass is 32.1. The first-order valence-corrected chi connectivity index (χ1v) is 9.39. The van der Waals surface area contributed by atoms with Crippen LogP contribution in [-0.4, -0.2) is 53.0 Å². The van der Waals surface area contributed by atoms with Gasteiger partial charge < -0.3 is 14.5 Å². The zero-order valence-electron chi connectivity index (χ0n) is 15.0. The van der Waals surface area contributed by atoms with Gasteiger partial charge in [0.05, 0.1) is 0 Å². The molecule has 1 aliphatic heterocycles. The molecule has 0 atom stereocenters. The van der Waals surface area contributed by atoms with E-state index in [1.165, 1.54) is 11.5 Å². The minimum absolute atomic E-state index is 0.0327. The van der Waals surface area contributed by atoms with E-state index in [0.29, 0.717) is 13.1 Å². The number of hydrogen-bond acceptors (Lipinski definition) is 6. The Hall–Kier alpha value is -2.15. The van der Waals surface area contributed by atoms with E-state index >= 15 is 0 Å². The summed E-state index contributed by atoms with van der Waals surface area (Å²) in [5.41, 5.74) is 2.28.